The van der Waals surface area contributed by atoms with Crippen LogP contribution in [0.25, 0.3) is 0 Å². The van der Waals surface area contributed by atoms with Gasteiger partial charge in [-0.15, -0.1) is 0 Å². The molecule has 0 aliphatic heterocycles. The lowest BCUT2D eigenvalue weighted by Crippen LogP contribution is -2.15. The maximum Gasteiger partial charge on any atom is 0.262 e. The second-order valence-electron chi connectivity index (χ2n) is 4.79. The van der Waals surface area contributed by atoms with Gasteiger partial charge in [-0.05, 0) is 48.7 Å². The fourth-order valence-corrected chi connectivity index (χ4v) is 3.67. The predicted molar refractivity (Wildman–Crippen MR) is 84.1 cm³/mol. The third-order valence-corrected chi connectivity index (χ3v) is 5.05. The first kappa shape index (κ1) is 15.8. The van der Waals surface area contributed by atoms with Crippen LogP contribution in [0.1, 0.15) is 16.7 Å². The summed E-state index contributed by atoms with van der Waals surface area (Å²) in [6.07, 6.45) is 0. The lowest BCUT2D eigenvalue weighted by atomic mass is 10.1. The number of halogens is 1. The summed E-state index contributed by atoms with van der Waals surface area (Å²) in [5, 5.41) is 9.62. The van der Waals surface area contributed by atoms with Crippen LogP contribution in [-0.2, 0) is 16.6 Å². The SMILES string of the molecule is Cc1cc(C)c(S(=O)(=O)Nc2ccccc2Cl)cc1CO. The van der Waals surface area contributed by atoms with Gasteiger partial charge in [0.25, 0.3) is 10.0 Å². The van der Waals surface area contributed by atoms with Gasteiger partial charge in [0, 0.05) is 0 Å². The second-order valence-corrected chi connectivity index (χ2v) is 6.85. The van der Waals surface area contributed by atoms with E-state index in [0.29, 0.717) is 21.8 Å². The number of aryl methyl sites for hydroxylation is 2. The van der Waals surface area contributed by atoms with E-state index in [0.717, 1.165) is 5.56 Å². The number of aliphatic hydroxyl groups excluding tert-OH is 1. The minimum Gasteiger partial charge on any atom is -0.392 e. The van der Waals surface area contributed by atoms with Crippen molar-refractivity contribution in [2.45, 2.75) is 25.3 Å². The first-order valence-electron chi connectivity index (χ1n) is 6.33. The molecule has 0 spiro atoms. The Labute approximate surface area is 129 Å². The molecule has 2 N–H and O–H groups in total. The molecule has 0 aliphatic rings. The smallest absolute Gasteiger partial charge is 0.262 e. The summed E-state index contributed by atoms with van der Waals surface area (Å²) in [6.45, 7) is 3.34. The Morgan fingerprint density at radius 1 is 1.14 bits per heavy atom. The highest BCUT2D eigenvalue weighted by Gasteiger charge is 2.19. The molecule has 6 heteroatoms. The topological polar surface area (TPSA) is 66.4 Å². The third kappa shape index (κ3) is 3.37. The van der Waals surface area contributed by atoms with Gasteiger partial charge in [0.2, 0.25) is 0 Å². The van der Waals surface area contributed by atoms with Crippen LogP contribution in [0.3, 0.4) is 0 Å². The highest BCUT2D eigenvalue weighted by Crippen LogP contribution is 2.26. The lowest BCUT2D eigenvalue weighted by molar-refractivity contribution is 0.280. The molecule has 0 fully saturated rings. The van der Waals surface area contributed by atoms with E-state index in [9.17, 15) is 13.5 Å². The number of hydrogen-bond donors (Lipinski definition) is 2. The van der Waals surface area contributed by atoms with Crippen molar-refractivity contribution in [1.29, 1.82) is 0 Å². The van der Waals surface area contributed by atoms with Gasteiger partial charge in [-0.25, -0.2) is 8.42 Å². The molecule has 4 nitrogen and oxygen atoms in total. The highest BCUT2D eigenvalue weighted by molar-refractivity contribution is 7.92. The van der Waals surface area contributed by atoms with E-state index >= 15 is 0 Å². The predicted octanol–water partition coefficient (Wildman–Crippen LogP) is 3.25. The zero-order valence-corrected chi connectivity index (χ0v) is 13.3. The molecule has 0 saturated heterocycles. The first-order chi connectivity index (χ1) is 9.85. The van der Waals surface area contributed by atoms with Crippen molar-refractivity contribution >= 4 is 27.3 Å². The molecule has 2 aromatic carbocycles. The molecule has 0 amide bonds. The lowest BCUT2D eigenvalue weighted by Gasteiger charge is -2.14. The van der Waals surface area contributed by atoms with E-state index < -0.39 is 10.0 Å². The molecule has 2 aromatic rings. The molecule has 0 unspecified atom stereocenters. The van der Waals surface area contributed by atoms with Crippen LogP contribution < -0.4 is 4.72 Å². The van der Waals surface area contributed by atoms with E-state index in [1.54, 1.807) is 37.3 Å². The summed E-state index contributed by atoms with van der Waals surface area (Å²) in [4.78, 5) is 0.136. The van der Waals surface area contributed by atoms with Gasteiger partial charge < -0.3 is 5.11 Å². The van der Waals surface area contributed by atoms with Crippen LogP contribution in [0.2, 0.25) is 5.02 Å². The van der Waals surface area contributed by atoms with Gasteiger partial charge in [-0.2, -0.15) is 0 Å². The number of anilines is 1. The largest absolute Gasteiger partial charge is 0.392 e. The molecule has 112 valence electrons. The normalized spacial score (nSPS) is 11.4. The van der Waals surface area contributed by atoms with Crippen LogP contribution >= 0.6 is 11.6 Å². The minimum atomic E-state index is -3.76. The van der Waals surface area contributed by atoms with Crippen LogP contribution in [0.15, 0.2) is 41.3 Å². The van der Waals surface area contributed by atoms with Gasteiger partial charge >= 0.3 is 0 Å². The summed E-state index contributed by atoms with van der Waals surface area (Å²) in [5.74, 6) is 0. The monoisotopic (exact) mass is 325 g/mol. The van der Waals surface area contributed by atoms with Crippen molar-refractivity contribution in [1.82, 2.24) is 0 Å². The molecule has 0 aromatic heterocycles. The summed E-state index contributed by atoms with van der Waals surface area (Å²) < 4.78 is 27.5. The molecule has 0 atom stereocenters. The highest BCUT2D eigenvalue weighted by atomic mass is 35.5. The summed E-state index contributed by atoms with van der Waals surface area (Å²) in [5.41, 5.74) is 2.38. The molecule has 0 heterocycles. The molecular weight excluding hydrogens is 310 g/mol. The Morgan fingerprint density at radius 3 is 2.43 bits per heavy atom. The molecule has 0 bridgehead atoms. The van der Waals surface area contributed by atoms with Crippen molar-refractivity contribution in [3.05, 3.63) is 58.1 Å². The average Bonchev–Trinajstić information content (AvgIpc) is 2.41. The van der Waals surface area contributed by atoms with Crippen LogP contribution in [0, 0.1) is 13.8 Å². The van der Waals surface area contributed by atoms with Crippen molar-refractivity contribution in [2.24, 2.45) is 0 Å². The number of sulfonamides is 1. The van der Waals surface area contributed by atoms with Crippen molar-refractivity contribution in [3.63, 3.8) is 0 Å². The number of rotatable bonds is 4. The second kappa shape index (κ2) is 6.05. The number of hydrogen-bond acceptors (Lipinski definition) is 3. The zero-order chi connectivity index (χ0) is 15.6. The van der Waals surface area contributed by atoms with Crippen molar-refractivity contribution < 1.29 is 13.5 Å². The van der Waals surface area contributed by atoms with Gasteiger partial charge in [0.15, 0.2) is 0 Å². The molecule has 21 heavy (non-hydrogen) atoms. The van der Waals surface area contributed by atoms with Crippen LogP contribution in [0.5, 0.6) is 0 Å². The number of nitrogens with one attached hydrogen (secondary N) is 1. The third-order valence-electron chi connectivity index (χ3n) is 3.21. The Hall–Kier alpha value is -1.56. The number of aliphatic hydroxyl groups is 1. The number of para-hydroxylation sites is 1. The molecule has 0 radical (unpaired) electrons. The molecular formula is C15H16ClNO3S. The van der Waals surface area contributed by atoms with E-state index in [4.69, 9.17) is 11.6 Å². The summed E-state index contributed by atoms with van der Waals surface area (Å²) >= 11 is 5.97. The van der Waals surface area contributed by atoms with Gasteiger partial charge in [-0.3, -0.25) is 4.72 Å². The molecule has 0 saturated carbocycles. The van der Waals surface area contributed by atoms with Crippen molar-refractivity contribution in [3.8, 4) is 0 Å². The van der Waals surface area contributed by atoms with Gasteiger partial charge in [-0.1, -0.05) is 29.8 Å². The fraction of sp³-hybridized carbons (Fsp3) is 0.200. The Kier molecular flexibility index (Phi) is 4.56. The van der Waals surface area contributed by atoms with E-state index in [1.165, 1.54) is 6.07 Å². The van der Waals surface area contributed by atoms with Crippen LogP contribution in [-0.4, -0.2) is 13.5 Å². The molecule has 2 rings (SSSR count). The first-order valence-corrected chi connectivity index (χ1v) is 8.19. The molecule has 0 aliphatic carbocycles. The standard InChI is InChI=1S/C15H16ClNO3S/c1-10-7-11(2)15(8-12(10)9-18)21(19,20)17-14-6-4-3-5-13(14)16/h3-8,17-18H,9H2,1-2H3. The van der Waals surface area contributed by atoms with Crippen molar-refractivity contribution in [2.75, 3.05) is 4.72 Å². The minimum absolute atomic E-state index is 0.136. The van der Waals surface area contributed by atoms with Crippen LogP contribution in [0.4, 0.5) is 5.69 Å². The average molecular weight is 326 g/mol. The van der Waals surface area contributed by atoms with Gasteiger partial charge in [0.1, 0.15) is 0 Å². The zero-order valence-electron chi connectivity index (χ0n) is 11.7. The summed E-state index contributed by atoms with van der Waals surface area (Å²) in [6, 6.07) is 9.86. The Balaban J connectivity index is 2.47. The quantitative estimate of drug-likeness (QED) is 0.906. The maximum atomic E-state index is 12.5. The van der Waals surface area contributed by atoms with Gasteiger partial charge in [0.05, 0.1) is 22.2 Å². The summed E-state index contributed by atoms with van der Waals surface area (Å²) in [7, 11) is -3.76. The number of benzene rings is 2. The van der Waals surface area contributed by atoms with E-state index in [-0.39, 0.29) is 11.5 Å². The Bertz CT molecular complexity index is 772. The maximum absolute atomic E-state index is 12.5. The van der Waals surface area contributed by atoms with E-state index in [2.05, 4.69) is 4.72 Å². The fourth-order valence-electron chi connectivity index (χ4n) is 2.08. The Morgan fingerprint density at radius 2 is 1.81 bits per heavy atom. The van der Waals surface area contributed by atoms with E-state index in [1.807, 2.05) is 6.92 Å².